The predicted molar refractivity (Wildman–Crippen MR) is 181 cm³/mol. The minimum atomic E-state index is -0.869. The second kappa shape index (κ2) is 15.3. The predicted octanol–water partition coefficient (Wildman–Crippen LogP) is 10.1. The third-order valence-electron chi connectivity index (χ3n) is 7.80. The lowest BCUT2D eigenvalue weighted by molar-refractivity contribution is 0.588. The van der Waals surface area contributed by atoms with Gasteiger partial charge in [-0.25, -0.2) is 31.2 Å². The first-order valence-electron chi connectivity index (χ1n) is 15.0. The highest BCUT2D eigenvalue weighted by Crippen LogP contribution is 2.35. The minimum absolute atomic E-state index is 0.00936. The number of halogens is 6. The van der Waals surface area contributed by atoms with Crippen LogP contribution in [0.15, 0.2) is 109 Å². The van der Waals surface area contributed by atoms with Crippen LogP contribution in [0.3, 0.4) is 0 Å². The second-order valence-corrected chi connectivity index (χ2v) is 11.0. The van der Waals surface area contributed by atoms with E-state index in [2.05, 4.69) is 16.3 Å². The van der Waals surface area contributed by atoms with Gasteiger partial charge in [0.2, 0.25) is 5.69 Å². The zero-order chi connectivity index (χ0) is 35.9. The van der Waals surface area contributed by atoms with Crippen LogP contribution in [0.5, 0.6) is 0 Å². The first-order chi connectivity index (χ1) is 24.1. The quantitative estimate of drug-likeness (QED) is 0.105. The molecule has 0 bridgehead atoms. The molecule has 248 valence electrons. The van der Waals surface area contributed by atoms with Crippen LogP contribution in [0.2, 0.25) is 0 Å². The number of nitrogens with zero attached hydrogens (tertiary/aromatic N) is 2. The molecule has 0 radical (unpaired) electrons. The molecule has 0 fully saturated rings. The molecule has 6 aromatic rings. The number of nitrogens with two attached hydrogens (primary N) is 2. The zero-order valence-electron chi connectivity index (χ0n) is 26.1. The molecule has 0 atom stereocenters. The third kappa shape index (κ3) is 7.58. The van der Waals surface area contributed by atoms with Crippen molar-refractivity contribution in [3.8, 4) is 50.6 Å². The molecule has 4 nitrogen and oxygen atoms in total. The Morgan fingerprint density at radius 2 is 0.860 bits per heavy atom. The molecular weight excluding hydrogens is 650 g/mol. The second-order valence-electron chi connectivity index (χ2n) is 11.0. The smallest absolute Gasteiger partial charge is 0.222 e. The Morgan fingerprint density at radius 3 is 1.22 bits per heavy atom. The molecule has 0 aliphatic rings. The molecule has 0 amide bonds. The van der Waals surface area contributed by atoms with E-state index in [1.54, 1.807) is 30.3 Å². The fourth-order valence-corrected chi connectivity index (χ4v) is 5.41. The Balaban J connectivity index is 0.00000156. The monoisotopic (exact) mass is 676 g/mol. The van der Waals surface area contributed by atoms with E-state index < -0.39 is 34.9 Å². The number of nitriles is 1. The van der Waals surface area contributed by atoms with Gasteiger partial charge in [-0.05, 0) is 93.4 Å². The van der Waals surface area contributed by atoms with Crippen molar-refractivity contribution in [1.82, 2.24) is 0 Å². The van der Waals surface area contributed by atoms with Crippen LogP contribution in [0.4, 0.5) is 32.0 Å². The highest BCUT2D eigenvalue weighted by atomic mass is 19.2. The number of rotatable bonds is 6. The van der Waals surface area contributed by atoms with Crippen molar-refractivity contribution in [2.45, 2.75) is 6.42 Å². The Hall–Kier alpha value is -6.20. The fraction of sp³-hybridized carbons (Fsp3) is 0.0500. The summed E-state index contributed by atoms with van der Waals surface area (Å²) in [6, 6.07) is 27.4. The molecule has 6 rings (SSSR count). The van der Waals surface area contributed by atoms with E-state index in [9.17, 15) is 8.78 Å². The van der Waals surface area contributed by atoms with Crippen molar-refractivity contribution in [2.75, 3.05) is 6.67 Å². The average molecular weight is 677 g/mol. The average Bonchev–Trinajstić information content (AvgIpc) is 3.09. The van der Waals surface area contributed by atoms with Gasteiger partial charge in [0.15, 0.2) is 0 Å². The maximum absolute atomic E-state index is 15.0. The van der Waals surface area contributed by atoms with Gasteiger partial charge < -0.3 is 11.5 Å². The van der Waals surface area contributed by atoms with Crippen LogP contribution >= 0.6 is 0 Å². The van der Waals surface area contributed by atoms with Gasteiger partial charge in [-0.1, -0.05) is 66.7 Å². The van der Waals surface area contributed by atoms with Crippen molar-refractivity contribution in [3.05, 3.63) is 172 Å². The van der Waals surface area contributed by atoms with Gasteiger partial charge in [-0.3, -0.25) is 0 Å². The highest BCUT2D eigenvalue weighted by Gasteiger charge is 2.18. The van der Waals surface area contributed by atoms with Gasteiger partial charge in [-0.2, -0.15) is 5.26 Å². The molecule has 0 heterocycles. The highest BCUT2D eigenvalue weighted by molar-refractivity contribution is 5.74. The van der Waals surface area contributed by atoms with E-state index in [0.29, 0.717) is 28.7 Å². The summed E-state index contributed by atoms with van der Waals surface area (Å²) in [5.74, 6) is -5.19. The van der Waals surface area contributed by atoms with Gasteiger partial charge in [0.25, 0.3) is 0 Å². The van der Waals surface area contributed by atoms with Gasteiger partial charge >= 0.3 is 0 Å². The van der Waals surface area contributed by atoms with Crippen LogP contribution in [-0.2, 0) is 6.42 Å². The molecule has 6 aromatic carbocycles. The van der Waals surface area contributed by atoms with E-state index in [-0.39, 0.29) is 40.2 Å². The molecule has 0 aliphatic heterocycles. The summed E-state index contributed by atoms with van der Waals surface area (Å²) >= 11 is 0. The van der Waals surface area contributed by atoms with Gasteiger partial charge in [-0.15, -0.1) is 0 Å². The molecule has 10 heteroatoms. The number of hydrogen-bond acceptors (Lipinski definition) is 3. The van der Waals surface area contributed by atoms with Crippen molar-refractivity contribution < 1.29 is 26.3 Å². The first kappa shape index (κ1) is 35.1. The molecule has 50 heavy (non-hydrogen) atoms. The number of hydrogen-bond donors (Lipinski definition) is 2. The van der Waals surface area contributed by atoms with E-state index >= 15 is 17.6 Å². The summed E-state index contributed by atoms with van der Waals surface area (Å²) in [6.07, 6.45) is 0.514. The van der Waals surface area contributed by atoms with Gasteiger partial charge in [0, 0.05) is 6.67 Å². The summed E-state index contributed by atoms with van der Waals surface area (Å²) in [4.78, 5) is 3.02. The number of benzene rings is 6. The molecule has 0 spiro atoms. The van der Waals surface area contributed by atoms with Crippen molar-refractivity contribution in [2.24, 2.45) is 11.5 Å². The van der Waals surface area contributed by atoms with Crippen LogP contribution in [0.25, 0.3) is 49.4 Å². The van der Waals surface area contributed by atoms with Crippen LogP contribution < -0.4 is 11.5 Å². The lowest BCUT2D eigenvalue weighted by Gasteiger charge is -2.11. The molecule has 0 aliphatic carbocycles. The van der Waals surface area contributed by atoms with Crippen LogP contribution in [0, 0.1) is 52.8 Å². The van der Waals surface area contributed by atoms with Crippen molar-refractivity contribution in [1.29, 1.82) is 5.26 Å². The summed E-state index contributed by atoms with van der Waals surface area (Å²) in [5, 5.41) is 8.90. The molecule has 0 saturated heterocycles. The van der Waals surface area contributed by atoms with Crippen LogP contribution in [0.1, 0.15) is 16.7 Å². The Kier molecular flexibility index (Phi) is 10.8. The van der Waals surface area contributed by atoms with E-state index in [1.807, 2.05) is 24.3 Å². The summed E-state index contributed by atoms with van der Waals surface area (Å²) in [6.45, 7) is 7.19. The molecule has 0 saturated carbocycles. The largest absolute Gasteiger partial charge is 0.319 e. The molecular formula is C40H26F6N4. The van der Waals surface area contributed by atoms with Gasteiger partial charge in [0.05, 0.1) is 23.3 Å². The first-order valence-corrected chi connectivity index (χ1v) is 15.0. The topological polar surface area (TPSA) is 80.2 Å². The van der Waals surface area contributed by atoms with Crippen molar-refractivity contribution >= 4 is 5.69 Å². The van der Waals surface area contributed by atoms with E-state index in [4.69, 9.17) is 11.8 Å². The standard InChI is InChI=1S/C39H20F6N2.CH6N2/c1-47-37-13-12-27(16-32(37)41)39-35(44)19-30(20-36(39)45)25-8-4-23(5-9-25)14-22-2-6-24(7-3-22)29-17-33(42)38(34(43)18-29)26-10-11-28(21-46)31(40)15-26;2-1-3/h2-13,15-20H,14H2;1-3H2. The summed E-state index contributed by atoms with van der Waals surface area (Å²) < 4.78 is 88.1. The van der Waals surface area contributed by atoms with E-state index in [0.717, 1.165) is 23.3 Å². The Morgan fingerprint density at radius 1 is 0.500 bits per heavy atom. The molecule has 4 N–H and O–H groups in total. The third-order valence-corrected chi connectivity index (χ3v) is 7.80. The van der Waals surface area contributed by atoms with Gasteiger partial charge in [0.1, 0.15) is 41.0 Å². The summed E-state index contributed by atoms with van der Waals surface area (Å²) in [5.41, 5.74) is 11.5. The SMILES string of the molecule is NCN.[C-]#[N+]c1ccc(-c2c(F)cc(-c3ccc(Cc4ccc(-c5cc(F)c(-c6ccc(C#N)c(F)c6)c(F)c5)cc4)cc3)cc2F)cc1F. The maximum atomic E-state index is 15.0. The Bertz CT molecular complexity index is 2060. The van der Waals surface area contributed by atoms with Crippen LogP contribution in [-0.4, -0.2) is 6.67 Å². The maximum Gasteiger partial charge on any atom is 0.222 e. The molecule has 0 aromatic heterocycles. The lowest BCUT2D eigenvalue weighted by atomic mass is 9.95. The normalized spacial score (nSPS) is 10.5. The Labute approximate surface area is 284 Å². The molecule has 0 unspecified atom stereocenters. The van der Waals surface area contributed by atoms with E-state index in [1.165, 1.54) is 48.5 Å². The zero-order valence-corrected chi connectivity index (χ0v) is 26.1. The fourth-order valence-electron chi connectivity index (χ4n) is 5.41. The van der Waals surface area contributed by atoms with Crippen molar-refractivity contribution in [3.63, 3.8) is 0 Å². The summed E-state index contributed by atoms with van der Waals surface area (Å²) in [7, 11) is 0. The lowest BCUT2D eigenvalue weighted by Crippen LogP contribution is -2.08. The minimum Gasteiger partial charge on any atom is -0.319 e.